The van der Waals surface area contributed by atoms with Crippen LogP contribution in [0.4, 0.5) is 4.39 Å². The van der Waals surface area contributed by atoms with Gasteiger partial charge in [-0.3, -0.25) is 0 Å². The van der Waals surface area contributed by atoms with Gasteiger partial charge in [-0.25, -0.2) is 14.4 Å². The second-order valence-electron chi connectivity index (χ2n) is 4.45. The number of hydrogen-bond acceptors (Lipinski definition) is 4. The van der Waals surface area contributed by atoms with Crippen LogP contribution in [0.25, 0.3) is 11.4 Å². The van der Waals surface area contributed by atoms with Gasteiger partial charge in [0, 0.05) is 12.0 Å². The maximum atomic E-state index is 13.5. The Labute approximate surface area is 120 Å². The molecular weight excluding hydrogens is 283 g/mol. The molecule has 1 aromatic heterocycles. The number of fused-ring (bicyclic) bond motifs is 1. The molecule has 1 aliphatic heterocycles. The van der Waals surface area contributed by atoms with Gasteiger partial charge in [-0.1, -0.05) is 11.6 Å². The van der Waals surface area contributed by atoms with Gasteiger partial charge in [0.15, 0.2) is 28.3 Å². The minimum absolute atomic E-state index is 0.181. The van der Waals surface area contributed by atoms with E-state index in [0.29, 0.717) is 36.1 Å². The van der Waals surface area contributed by atoms with Crippen molar-refractivity contribution in [3.05, 3.63) is 34.9 Å². The molecule has 0 spiro atoms. The number of nitrogens with zero attached hydrogens (tertiary/aromatic N) is 2. The number of halogens is 2. The number of aryl methyl sites for hydroxylation is 1. The highest BCUT2D eigenvalue weighted by Gasteiger charge is 2.15. The SMILES string of the molecule is Cc1nc(-c2ccc3c(c2)OCCCO3)nc(Cl)c1F. The second-order valence-corrected chi connectivity index (χ2v) is 4.81. The first kappa shape index (κ1) is 13.1. The van der Waals surface area contributed by atoms with Crippen LogP contribution < -0.4 is 9.47 Å². The standard InChI is InChI=1S/C14H12ClFN2O2/c1-8-12(16)13(15)18-14(17-8)9-3-4-10-11(7-9)20-6-2-5-19-10/h3-4,7H,2,5-6H2,1H3. The predicted molar refractivity (Wildman–Crippen MR) is 72.8 cm³/mol. The summed E-state index contributed by atoms with van der Waals surface area (Å²) in [6.07, 6.45) is 0.835. The Morgan fingerprint density at radius 1 is 1.15 bits per heavy atom. The molecule has 3 rings (SSSR count). The smallest absolute Gasteiger partial charge is 0.181 e. The van der Waals surface area contributed by atoms with Gasteiger partial charge in [-0.15, -0.1) is 0 Å². The summed E-state index contributed by atoms with van der Waals surface area (Å²) in [5.41, 5.74) is 0.923. The first-order valence-corrected chi connectivity index (χ1v) is 6.62. The molecule has 0 radical (unpaired) electrons. The van der Waals surface area contributed by atoms with E-state index in [2.05, 4.69) is 9.97 Å². The van der Waals surface area contributed by atoms with Gasteiger partial charge in [0.25, 0.3) is 0 Å². The average Bonchev–Trinajstić information content (AvgIpc) is 2.68. The minimum Gasteiger partial charge on any atom is -0.490 e. The van der Waals surface area contributed by atoms with E-state index in [1.54, 1.807) is 25.1 Å². The molecule has 0 bridgehead atoms. The van der Waals surface area contributed by atoms with Crippen LogP contribution in [0, 0.1) is 12.7 Å². The molecule has 0 atom stereocenters. The van der Waals surface area contributed by atoms with Crippen molar-refractivity contribution in [2.24, 2.45) is 0 Å². The highest BCUT2D eigenvalue weighted by atomic mass is 35.5. The van der Waals surface area contributed by atoms with Gasteiger partial charge < -0.3 is 9.47 Å². The van der Waals surface area contributed by atoms with E-state index in [9.17, 15) is 4.39 Å². The van der Waals surface area contributed by atoms with Crippen LogP contribution in [0.15, 0.2) is 18.2 Å². The molecule has 0 aliphatic carbocycles. The highest BCUT2D eigenvalue weighted by molar-refractivity contribution is 6.29. The molecule has 6 heteroatoms. The van der Waals surface area contributed by atoms with Gasteiger partial charge in [-0.05, 0) is 25.1 Å². The monoisotopic (exact) mass is 294 g/mol. The van der Waals surface area contributed by atoms with Crippen molar-refractivity contribution in [2.75, 3.05) is 13.2 Å². The zero-order valence-corrected chi connectivity index (χ0v) is 11.6. The molecule has 1 aliphatic rings. The van der Waals surface area contributed by atoms with Crippen molar-refractivity contribution in [3.8, 4) is 22.9 Å². The summed E-state index contributed by atoms with van der Waals surface area (Å²) in [5.74, 6) is 1.10. The third-order valence-electron chi connectivity index (χ3n) is 2.98. The highest BCUT2D eigenvalue weighted by Crippen LogP contribution is 2.33. The average molecular weight is 295 g/mol. The molecule has 0 fully saturated rings. The Morgan fingerprint density at radius 3 is 2.65 bits per heavy atom. The molecule has 2 aromatic rings. The summed E-state index contributed by atoms with van der Waals surface area (Å²) in [5, 5.41) is -0.181. The summed E-state index contributed by atoms with van der Waals surface area (Å²) in [6, 6.07) is 5.38. The zero-order valence-electron chi connectivity index (χ0n) is 10.8. The lowest BCUT2D eigenvalue weighted by Gasteiger charge is -2.09. The van der Waals surface area contributed by atoms with Gasteiger partial charge >= 0.3 is 0 Å². The van der Waals surface area contributed by atoms with Gasteiger partial charge in [0.1, 0.15) is 0 Å². The third kappa shape index (κ3) is 2.41. The number of benzene rings is 1. The van der Waals surface area contributed by atoms with E-state index in [-0.39, 0.29) is 10.8 Å². The molecule has 2 heterocycles. The van der Waals surface area contributed by atoms with Crippen molar-refractivity contribution in [3.63, 3.8) is 0 Å². The van der Waals surface area contributed by atoms with E-state index < -0.39 is 5.82 Å². The maximum absolute atomic E-state index is 13.5. The van der Waals surface area contributed by atoms with Crippen molar-refractivity contribution < 1.29 is 13.9 Å². The predicted octanol–water partition coefficient (Wildman–Crippen LogP) is 3.41. The summed E-state index contributed by atoms with van der Waals surface area (Å²) < 4.78 is 24.6. The fourth-order valence-corrected chi connectivity index (χ4v) is 2.17. The third-order valence-corrected chi connectivity index (χ3v) is 3.23. The normalized spacial score (nSPS) is 13.9. The van der Waals surface area contributed by atoms with Crippen molar-refractivity contribution in [2.45, 2.75) is 13.3 Å². The van der Waals surface area contributed by atoms with Gasteiger partial charge in [0.05, 0.1) is 18.9 Å². The first-order valence-electron chi connectivity index (χ1n) is 6.25. The summed E-state index contributed by atoms with van der Waals surface area (Å²) in [7, 11) is 0. The van der Waals surface area contributed by atoms with E-state index >= 15 is 0 Å². The quantitative estimate of drug-likeness (QED) is 0.756. The Balaban J connectivity index is 2.04. The fraction of sp³-hybridized carbons (Fsp3) is 0.286. The van der Waals surface area contributed by atoms with Crippen molar-refractivity contribution in [1.29, 1.82) is 0 Å². The first-order chi connectivity index (χ1) is 9.65. The number of aromatic nitrogens is 2. The number of ether oxygens (including phenoxy) is 2. The zero-order chi connectivity index (χ0) is 14.1. The van der Waals surface area contributed by atoms with E-state index in [0.717, 1.165) is 6.42 Å². The molecule has 0 amide bonds. The topological polar surface area (TPSA) is 44.2 Å². The minimum atomic E-state index is -0.593. The lowest BCUT2D eigenvalue weighted by atomic mass is 10.2. The summed E-state index contributed by atoms with van der Waals surface area (Å²) in [4.78, 5) is 8.07. The van der Waals surface area contributed by atoms with E-state index in [1.165, 1.54) is 0 Å². The van der Waals surface area contributed by atoms with E-state index in [1.807, 2.05) is 0 Å². The number of rotatable bonds is 1. The van der Waals surface area contributed by atoms with Crippen LogP contribution in [0.5, 0.6) is 11.5 Å². The Bertz CT molecular complexity index is 641. The van der Waals surface area contributed by atoms with Crippen LogP contribution in [0.3, 0.4) is 0 Å². The lowest BCUT2D eigenvalue weighted by Crippen LogP contribution is -1.98. The molecule has 4 nitrogen and oxygen atoms in total. The lowest BCUT2D eigenvalue weighted by molar-refractivity contribution is 0.297. The molecule has 0 unspecified atom stereocenters. The Morgan fingerprint density at radius 2 is 1.90 bits per heavy atom. The molecule has 0 N–H and O–H groups in total. The van der Waals surface area contributed by atoms with E-state index in [4.69, 9.17) is 21.1 Å². The second kappa shape index (κ2) is 5.25. The fourth-order valence-electron chi connectivity index (χ4n) is 1.96. The van der Waals surface area contributed by atoms with Gasteiger partial charge in [0.2, 0.25) is 0 Å². The number of hydrogen-bond donors (Lipinski definition) is 0. The van der Waals surface area contributed by atoms with Crippen molar-refractivity contribution >= 4 is 11.6 Å². The van der Waals surface area contributed by atoms with Crippen LogP contribution in [0.2, 0.25) is 5.15 Å². The molecule has 0 saturated heterocycles. The molecule has 0 saturated carbocycles. The molecule has 20 heavy (non-hydrogen) atoms. The van der Waals surface area contributed by atoms with Crippen molar-refractivity contribution in [1.82, 2.24) is 9.97 Å². The molecule has 104 valence electrons. The maximum Gasteiger partial charge on any atom is 0.181 e. The van der Waals surface area contributed by atoms with Crippen LogP contribution in [-0.2, 0) is 0 Å². The Kier molecular flexibility index (Phi) is 3.44. The summed E-state index contributed by atoms with van der Waals surface area (Å²) >= 11 is 5.76. The Hall–Kier alpha value is -1.88. The van der Waals surface area contributed by atoms with Crippen LogP contribution >= 0.6 is 11.6 Å². The van der Waals surface area contributed by atoms with Gasteiger partial charge in [-0.2, -0.15) is 0 Å². The largest absolute Gasteiger partial charge is 0.490 e. The molecular formula is C14H12ClFN2O2. The van der Waals surface area contributed by atoms with Crippen LogP contribution in [0.1, 0.15) is 12.1 Å². The summed E-state index contributed by atoms with van der Waals surface area (Å²) in [6.45, 7) is 2.78. The van der Waals surface area contributed by atoms with Crippen LogP contribution in [-0.4, -0.2) is 23.2 Å². The molecule has 1 aromatic carbocycles.